The Bertz CT molecular complexity index is 804. The molecule has 0 aromatic heterocycles. The molecule has 3 aliphatic rings. The van der Waals surface area contributed by atoms with Crippen molar-refractivity contribution in [3.8, 4) is 5.75 Å². The molecule has 0 heterocycles. The SMILES string of the molecule is CCCCCc1ccc(OCC2CCC(C3CCC(OCC4C=CC(CCC)CC4)CC3)CC2)c(F)c1. The van der Waals surface area contributed by atoms with Crippen molar-refractivity contribution in [2.45, 2.75) is 123 Å². The van der Waals surface area contributed by atoms with Gasteiger partial charge in [-0.25, -0.2) is 4.39 Å². The lowest BCUT2D eigenvalue weighted by atomic mass is 9.70. The molecule has 0 amide bonds. The first-order valence-corrected chi connectivity index (χ1v) is 15.9. The fourth-order valence-electron chi connectivity index (χ4n) is 7.10. The van der Waals surface area contributed by atoms with Gasteiger partial charge in [0.05, 0.1) is 19.3 Å². The van der Waals surface area contributed by atoms with Gasteiger partial charge < -0.3 is 9.47 Å². The van der Waals surface area contributed by atoms with Crippen LogP contribution in [0.2, 0.25) is 0 Å². The predicted octanol–water partition coefficient (Wildman–Crippen LogP) is 9.70. The van der Waals surface area contributed by atoms with Crippen LogP contribution in [-0.4, -0.2) is 19.3 Å². The first-order valence-electron chi connectivity index (χ1n) is 15.9. The molecule has 1 aromatic carbocycles. The lowest BCUT2D eigenvalue weighted by Crippen LogP contribution is -2.30. The molecule has 2 atom stereocenters. The number of ether oxygens (including phenoxy) is 2. The Morgan fingerprint density at radius 2 is 1.46 bits per heavy atom. The van der Waals surface area contributed by atoms with Crippen molar-refractivity contribution in [1.29, 1.82) is 0 Å². The number of aryl methyl sites for hydroxylation is 1. The Hall–Kier alpha value is -1.35. The van der Waals surface area contributed by atoms with Gasteiger partial charge in [0.15, 0.2) is 11.6 Å². The maximum Gasteiger partial charge on any atom is 0.165 e. The van der Waals surface area contributed by atoms with Gasteiger partial charge in [0.1, 0.15) is 0 Å². The van der Waals surface area contributed by atoms with E-state index in [1.54, 1.807) is 6.07 Å². The van der Waals surface area contributed by atoms with E-state index < -0.39 is 0 Å². The summed E-state index contributed by atoms with van der Waals surface area (Å²) in [6.07, 6.45) is 25.4. The van der Waals surface area contributed by atoms with Crippen molar-refractivity contribution < 1.29 is 13.9 Å². The zero-order chi connectivity index (χ0) is 25.9. The molecule has 3 aliphatic carbocycles. The van der Waals surface area contributed by atoms with Crippen LogP contribution in [0.4, 0.5) is 4.39 Å². The second-order valence-electron chi connectivity index (χ2n) is 12.5. The largest absolute Gasteiger partial charge is 0.490 e. The fourth-order valence-corrected chi connectivity index (χ4v) is 7.10. The van der Waals surface area contributed by atoms with Gasteiger partial charge in [0, 0.05) is 5.92 Å². The second kappa shape index (κ2) is 15.3. The molecule has 2 nitrogen and oxygen atoms in total. The molecule has 0 saturated heterocycles. The van der Waals surface area contributed by atoms with E-state index in [0.717, 1.165) is 42.8 Å². The highest BCUT2D eigenvalue weighted by Gasteiger charge is 2.31. The van der Waals surface area contributed by atoms with Gasteiger partial charge in [-0.3, -0.25) is 0 Å². The first-order chi connectivity index (χ1) is 18.1. The average Bonchev–Trinajstić information content (AvgIpc) is 2.93. The third kappa shape index (κ3) is 9.12. The van der Waals surface area contributed by atoms with Crippen LogP contribution in [0.25, 0.3) is 0 Å². The Kier molecular flexibility index (Phi) is 11.8. The summed E-state index contributed by atoms with van der Waals surface area (Å²) in [5, 5.41) is 0. The molecular weight excluding hydrogens is 459 g/mol. The first kappa shape index (κ1) is 28.7. The maximum atomic E-state index is 14.5. The van der Waals surface area contributed by atoms with Gasteiger partial charge >= 0.3 is 0 Å². The van der Waals surface area contributed by atoms with E-state index in [1.807, 2.05) is 12.1 Å². The van der Waals surface area contributed by atoms with Crippen molar-refractivity contribution in [3.05, 3.63) is 41.7 Å². The van der Waals surface area contributed by atoms with Crippen LogP contribution in [0.1, 0.15) is 116 Å². The summed E-state index contributed by atoms with van der Waals surface area (Å²) in [5.41, 5.74) is 1.09. The number of unbranched alkanes of at least 4 members (excludes halogenated alkanes) is 2. The van der Waals surface area contributed by atoms with Gasteiger partial charge in [-0.1, -0.05) is 51.3 Å². The average molecular weight is 513 g/mol. The lowest BCUT2D eigenvalue weighted by Gasteiger charge is -2.38. The van der Waals surface area contributed by atoms with Crippen LogP contribution in [0.3, 0.4) is 0 Å². The van der Waals surface area contributed by atoms with E-state index in [0.29, 0.717) is 30.3 Å². The number of allylic oxidation sites excluding steroid dienone is 1. The predicted molar refractivity (Wildman–Crippen MR) is 153 cm³/mol. The third-order valence-electron chi connectivity index (χ3n) is 9.59. The normalized spacial score (nSPS) is 30.4. The van der Waals surface area contributed by atoms with Crippen LogP contribution in [0, 0.1) is 35.4 Å². The molecule has 2 saturated carbocycles. The zero-order valence-corrected chi connectivity index (χ0v) is 23.8. The summed E-state index contributed by atoms with van der Waals surface area (Å²) < 4.78 is 26.9. The number of hydrogen-bond donors (Lipinski definition) is 0. The quantitative estimate of drug-likeness (QED) is 0.193. The van der Waals surface area contributed by atoms with Crippen molar-refractivity contribution in [1.82, 2.24) is 0 Å². The third-order valence-corrected chi connectivity index (χ3v) is 9.59. The van der Waals surface area contributed by atoms with Gasteiger partial charge in [0.25, 0.3) is 0 Å². The lowest BCUT2D eigenvalue weighted by molar-refractivity contribution is -0.00607. The van der Waals surface area contributed by atoms with Crippen LogP contribution < -0.4 is 4.74 Å². The molecule has 0 aliphatic heterocycles. The molecule has 1 aromatic rings. The minimum absolute atomic E-state index is 0.193. The van der Waals surface area contributed by atoms with Crippen LogP contribution in [0.15, 0.2) is 30.4 Å². The number of halogens is 1. The number of benzene rings is 1. The smallest absolute Gasteiger partial charge is 0.165 e. The minimum Gasteiger partial charge on any atom is -0.490 e. The molecular formula is C34H53FO2. The summed E-state index contributed by atoms with van der Waals surface area (Å²) in [6.45, 7) is 6.08. The topological polar surface area (TPSA) is 18.5 Å². The fraction of sp³-hybridized carbons (Fsp3) is 0.765. The molecule has 2 unspecified atom stereocenters. The van der Waals surface area contributed by atoms with Gasteiger partial charge in [-0.15, -0.1) is 0 Å². The molecule has 3 heteroatoms. The molecule has 37 heavy (non-hydrogen) atoms. The second-order valence-corrected chi connectivity index (χ2v) is 12.5. The summed E-state index contributed by atoms with van der Waals surface area (Å²) >= 11 is 0. The van der Waals surface area contributed by atoms with Gasteiger partial charge in [-0.2, -0.15) is 0 Å². The molecule has 0 N–H and O–H groups in total. The molecule has 2 fully saturated rings. The van der Waals surface area contributed by atoms with Crippen LogP contribution in [-0.2, 0) is 11.2 Å². The van der Waals surface area contributed by atoms with Crippen LogP contribution in [0.5, 0.6) is 5.75 Å². The van der Waals surface area contributed by atoms with E-state index in [2.05, 4.69) is 26.0 Å². The summed E-state index contributed by atoms with van der Waals surface area (Å²) in [5.74, 6) is 4.01. The number of rotatable bonds is 13. The van der Waals surface area contributed by atoms with Crippen molar-refractivity contribution >= 4 is 0 Å². The highest BCUT2D eigenvalue weighted by Crippen LogP contribution is 2.41. The van der Waals surface area contributed by atoms with Gasteiger partial charge in [-0.05, 0) is 125 Å². The molecule has 0 spiro atoms. The Morgan fingerprint density at radius 1 is 0.757 bits per heavy atom. The Balaban J connectivity index is 1.09. The Labute approximate surface area is 226 Å². The highest BCUT2D eigenvalue weighted by molar-refractivity contribution is 5.29. The molecule has 0 bridgehead atoms. The van der Waals surface area contributed by atoms with Crippen molar-refractivity contribution in [2.75, 3.05) is 13.2 Å². The van der Waals surface area contributed by atoms with E-state index in [4.69, 9.17) is 9.47 Å². The molecule has 208 valence electrons. The van der Waals surface area contributed by atoms with E-state index in [1.165, 1.54) is 89.9 Å². The summed E-state index contributed by atoms with van der Waals surface area (Å²) in [6, 6.07) is 5.56. The molecule has 0 radical (unpaired) electrons. The monoisotopic (exact) mass is 512 g/mol. The van der Waals surface area contributed by atoms with Gasteiger partial charge in [0.2, 0.25) is 0 Å². The Morgan fingerprint density at radius 3 is 2.11 bits per heavy atom. The summed E-state index contributed by atoms with van der Waals surface area (Å²) in [7, 11) is 0. The minimum atomic E-state index is -0.193. The van der Waals surface area contributed by atoms with Crippen LogP contribution >= 0.6 is 0 Å². The number of hydrogen-bond acceptors (Lipinski definition) is 2. The highest BCUT2D eigenvalue weighted by atomic mass is 19.1. The molecule has 4 rings (SSSR count). The summed E-state index contributed by atoms with van der Waals surface area (Å²) in [4.78, 5) is 0. The van der Waals surface area contributed by atoms with Crippen molar-refractivity contribution in [2.24, 2.45) is 29.6 Å². The zero-order valence-electron chi connectivity index (χ0n) is 23.8. The van der Waals surface area contributed by atoms with E-state index >= 15 is 0 Å². The van der Waals surface area contributed by atoms with Crippen molar-refractivity contribution in [3.63, 3.8) is 0 Å². The standard InChI is InChI=1S/C34H53FO2/c1-3-5-6-8-27-15-22-34(33(35)23-27)37-25-29-13-16-30(17-14-29)31-18-20-32(21-19-31)36-24-28-11-9-26(7-4-2)10-12-28/h9,11,15,22-23,26,28-32H,3-8,10,12-14,16-21,24-25H2,1-2H3. The van der Waals surface area contributed by atoms with E-state index in [9.17, 15) is 4.39 Å². The van der Waals surface area contributed by atoms with E-state index in [-0.39, 0.29) is 5.82 Å². The maximum absolute atomic E-state index is 14.5.